The van der Waals surface area contributed by atoms with Crippen LogP contribution in [0.3, 0.4) is 0 Å². The number of benzene rings is 1. The Kier molecular flexibility index (Phi) is 3.77. The molecule has 1 aliphatic rings. The van der Waals surface area contributed by atoms with E-state index in [1.807, 2.05) is 0 Å². The Bertz CT molecular complexity index is 772. The first-order valence-corrected chi connectivity index (χ1v) is 7.98. The van der Waals surface area contributed by atoms with Crippen molar-refractivity contribution in [3.63, 3.8) is 0 Å². The van der Waals surface area contributed by atoms with Gasteiger partial charge in [0, 0.05) is 0 Å². The van der Waals surface area contributed by atoms with Gasteiger partial charge in [-0.2, -0.15) is 0 Å². The lowest BCUT2D eigenvalue weighted by atomic mass is 9.95. The molecular weight excluding hydrogens is 276 g/mol. The monoisotopic (exact) mass is 298 g/mol. The van der Waals surface area contributed by atoms with Crippen LogP contribution in [-0.2, 0) is 12.8 Å². The number of fused-ring (bicyclic) bond motifs is 1. The molecule has 0 spiro atoms. The van der Waals surface area contributed by atoms with Crippen molar-refractivity contribution in [1.82, 2.24) is 0 Å². The van der Waals surface area contributed by atoms with Crippen molar-refractivity contribution in [3.8, 4) is 0 Å². The number of anilines is 2. The summed E-state index contributed by atoms with van der Waals surface area (Å²) in [6.45, 7) is 4.46. The van der Waals surface area contributed by atoms with Crippen LogP contribution in [0.15, 0.2) is 27.8 Å². The highest BCUT2D eigenvalue weighted by molar-refractivity contribution is 5.72. The van der Waals surface area contributed by atoms with Gasteiger partial charge in [-0.25, -0.2) is 0 Å². The topological polar surface area (TPSA) is 72.2 Å². The van der Waals surface area contributed by atoms with Crippen LogP contribution in [0, 0.1) is 5.92 Å². The van der Waals surface area contributed by atoms with E-state index in [0.717, 1.165) is 19.3 Å². The molecule has 0 fully saturated rings. The summed E-state index contributed by atoms with van der Waals surface area (Å²) >= 11 is 0. The lowest BCUT2D eigenvalue weighted by Gasteiger charge is -2.18. The number of rotatable bonds is 5. The third-order valence-corrected chi connectivity index (χ3v) is 4.83. The Morgan fingerprint density at radius 2 is 2.09 bits per heavy atom. The van der Waals surface area contributed by atoms with Gasteiger partial charge in [0.05, 0.1) is 6.04 Å². The third-order valence-electron chi connectivity index (χ3n) is 4.83. The molecule has 3 rings (SSSR count). The predicted molar refractivity (Wildman–Crippen MR) is 90.1 cm³/mol. The first-order valence-electron chi connectivity index (χ1n) is 7.98. The number of nitrogen functional groups attached to an aromatic ring is 1. The van der Waals surface area contributed by atoms with Crippen LogP contribution in [-0.4, -0.2) is 0 Å². The molecule has 116 valence electrons. The number of nitrogens with one attached hydrogen (secondary N) is 1. The van der Waals surface area contributed by atoms with Crippen molar-refractivity contribution < 1.29 is 0 Å². The van der Waals surface area contributed by atoms with E-state index >= 15 is 0 Å². The molecule has 0 bridgehead atoms. The van der Waals surface area contributed by atoms with Gasteiger partial charge < -0.3 is 11.1 Å². The standard InChI is InChI=1S/C18H22N2O2/c1-3-10(2)8-11-4-5-12-6-7-14(13(12)9-11)20-16-15(19)17(21)18(16)22/h4-5,9-10,14,20H,3,6-8,19H2,1-2H3. The van der Waals surface area contributed by atoms with Crippen LogP contribution in [0.4, 0.5) is 11.4 Å². The molecule has 0 aromatic heterocycles. The maximum Gasteiger partial charge on any atom is 0.253 e. The van der Waals surface area contributed by atoms with E-state index in [0.29, 0.717) is 11.6 Å². The number of aryl methyl sites for hydroxylation is 1. The van der Waals surface area contributed by atoms with Crippen molar-refractivity contribution in [1.29, 1.82) is 0 Å². The molecule has 22 heavy (non-hydrogen) atoms. The van der Waals surface area contributed by atoms with Crippen LogP contribution in [0.5, 0.6) is 0 Å². The van der Waals surface area contributed by atoms with Crippen LogP contribution >= 0.6 is 0 Å². The quantitative estimate of drug-likeness (QED) is 0.832. The van der Waals surface area contributed by atoms with Crippen molar-refractivity contribution >= 4 is 11.4 Å². The number of hydrogen-bond donors (Lipinski definition) is 2. The Morgan fingerprint density at radius 3 is 2.77 bits per heavy atom. The molecule has 0 aliphatic heterocycles. The van der Waals surface area contributed by atoms with Gasteiger partial charge in [-0.15, -0.1) is 0 Å². The van der Waals surface area contributed by atoms with E-state index in [1.165, 1.54) is 23.1 Å². The maximum absolute atomic E-state index is 11.6. The molecule has 1 aliphatic carbocycles. The first-order chi connectivity index (χ1) is 10.5. The zero-order valence-corrected chi connectivity index (χ0v) is 13.1. The molecule has 3 N–H and O–H groups in total. The Hall–Kier alpha value is -2.10. The molecule has 0 saturated heterocycles. The highest BCUT2D eigenvalue weighted by Gasteiger charge is 2.27. The molecule has 0 heterocycles. The van der Waals surface area contributed by atoms with Crippen LogP contribution in [0.1, 0.15) is 49.4 Å². The summed E-state index contributed by atoms with van der Waals surface area (Å²) in [5.41, 5.74) is 8.84. The smallest absolute Gasteiger partial charge is 0.253 e. The predicted octanol–water partition coefficient (Wildman–Crippen LogP) is 2.55. The molecule has 2 aromatic carbocycles. The van der Waals surface area contributed by atoms with Gasteiger partial charge in [-0.3, -0.25) is 9.59 Å². The molecule has 2 unspecified atom stereocenters. The molecule has 4 nitrogen and oxygen atoms in total. The summed E-state index contributed by atoms with van der Waals surface area (Å²) in [5.74, 6) is 0.662. The highest BCUT2D eigenvalue weighted by Crippen LogP contribution is 2.35. The van der Waals surface area contributed by atoms with Gasteiger partial charge in [0.2, 0.25) is 0 Å². The number of hydrogen-bond acceptors (Lipinski definition) is 4. The second kappa shape index (κ2) is 5.59. The highest BCUT2D eigenvalue weighted by atomic mass is 16.2. The summed E-state index contributed by atoms with van der Waals surface area (Å²) < 4.78 is 0. The lowest BCUT2D eigenvalue weighted by Crippen LogP contribution is -2.37. The Balaban J connectivity index is 1.83. The lowest BCUT2D eigenvalue weighted by molar-refractivity contribution is 0.560. The molecule has 4 heteroatoms. The fourth-order valence-corrected chi connectivity index (χ4v) is 3.20. The summed E-state index contributed by atoms with van der Waals surface area (Å²) in [6.07, 6.45) is 4.16. The normalized spacial score (nSPS) is 18.4. The molecular formula is C18H22N2O2. The van der Waals surface area contributed by atoms with Gasteiger partial charge in [-0.05, 0) is 41.9 Å². The summed E-state index contributed by atoms with van der Waals surface area (Å²) in [7, 11) is 0. The summed E-state index contributed by atoms with van der Waals surface area (Å²) in [6, 6.07) is 6.73. The minimum Gasteiger partial charge on any atom is -0.394 e. The third kappa shape index (κ3) is 2.43. The van der Waals surface area contributed by atoms with Gasteiger partial charge in [-0.1, -0.05) is 38.5 Å². The summed E-state index contributed by atoms with van der Waals surface area (Å²) in [4.78, 5) is 22.8. The van der Waals surface area contributed by atoms with Crippen LogP contribution in [0.2, 0.25) is 0 Å². The molecule has 0 radical (unpaired) electrons. The minimum atomic E-state index is -0.564. The molecule has 0 amide bonds. The van der Waals surface area contributed by atoms with Crippen molar-refractivity contribution in [2.45, 2.75) is 45.6 Å². The summed E-state index contributed by atoms with van der Waals surface area (Å²) in [5, 5.41) is 3.18. The first kappa shape index (κ1) is 14.8. The average molecular weight is 298 g/mol. The zero-order valence-electron chi connectivity index (χ0n) is 13.1. The average Bonchev–Trinajstić information content (AvgIpc) is 2.93. The Labute approximate surface area is 130 Å². The van der Waals surface area contributed by atoms with E-state index in [1.54, 1.807) is 0 Å². The van der Waals surface area contributed by atoms with E-state index in [9.17, 15) is 9.59 Å². The number of nitrogens with two attached hydrogens (primary N) is 1. The van der Waals surface area contributed by atoms with Crippen molar-refractivity contribution in [3.05, 3.63) is 55.3 Å². The van der Waals surface area contributed by atoms with Gasteiger partial charge in [0.25, 0.3) is 10.9 Å². The maximum atomic E-state index is 11.6. The van der Waals surface area contributed by atoms with Gasteiger partial charge >= 0.3 is 0 Å². The van der Waals surface area contributed by atoms with E-state index in [2.05, 4.69) is 37.4 Å². The van der Waals surface area contributed by atoms with Crippen LogP contribution in [0.25, 0.3) is 0 Å². The SMILES string of the molecule is CCC(C)Cc1ccc2c(c1)C(Nc1c(N)c(=O)c1=O)CC2. The van der Waals surface area contributed by atoms with Crippen molar-refractivity contribution in [2.75, 3.05) is 11.1 Å². The molecule has 2 atom stereocenters. The van der Waals surface area contributed by atoms with Gasteiger partial charge in [0.15, 0.2) is 0 Å². The van der Waals surface area contributed by atoms with Gasteiger partial charge in [0.1, 0.15) is 11.4 Å². The Morgan fingerprint density at radius 1 is 1.32 bits per heavy atom. The fourth-order valence-electron chi connectivity index (χ4n) is 3.20. The minimum absolute atomic E-state index is 0.0780. The van der Waals surface area contributed by atoms with Crippen LogP contribution < -0.4 is 21.9 Å². The second-order valence-corrected chi connectivity index (χ2v) is 6.43. The van der Waals surface area contributed by atoms with Crippen molar-refractivity contribution in [2.24, 2.45) is 5.92 Å². The van der Waals surface area contributed by atoms with E-state index in [4.69, 9.17) is 5.73 Å². The molecule has 2 aromatic rings. The zero-order chi connectivity index (χ0) is 15.9. The second-order valence-electron chi connectivity index (χ2n) is 6.43. The largest absolute Gasteiger partial charge is 0.394 e. The molecule has 0 saturated carbocycles. The fraction of sp³-hybridized carbons (Fsp3) is 0.444. The van der Waals surface area contributed by atoms with E-state index < -0.39 is 10.9 Å². The van der Waals surface area contributed by atoms with E-state index in [-0.39, 0.29) is 11.7 Å².